The molecule has 1 N–H and O–H groups in total. The minimum atomic E-state index is -3.60. The minimum Gasteiger partial charge on any atom is -0.281 e. The van der Waals surface area contributed by atoms with Gasteiger partial charge in [-0.15, -0.1) is 0 Å². The van der Waals surface area contributed by atoms with Crippen LogP contribution in [0, 0.1) is 27.7 Å². The summed E-state index contributed by atoms with van der Waals surface area (Å²) in [7, 11) is -2.04. The number of anilines is 1. The number of aromatic amines is 1. The molecule has 1 aromatic carbocycles. The largest absolute Gasteiger partial charge is 0.281 e. The van der Waals surface area contributed by atoms with Crippen LogP contribution in [0.25, 0.3) is 0 Å². The van der Waals surface area contributed by atoms with Gasteiger partial charge in [-0.3, -0.25) is 9.40 Å². The highest BCUT2D eigenvalue weighted by atomic mass is 32.2. The van der Waals surface area contributed by atoms with Crippen LogP contribution in [0.15, 0.2) is 23.1 Å². The van der Waals surface area contributed by atoms with Crippen molar-refractivity contribution in [3.8, 4) is 0 Å². The van der Waals surface area contributed by atoms with Gasteiger partial charge < -0.3 is 0 Å². The number of rotatable bonds is 3. The van der Waals surface area contributed by atoms with Crippen LogP contribution in [0.1, 0.15) is 22.5 Å². The van der Waals surface area contributed by atoms with Gasteiger partial charge in [0.1, 0.15) is 4.90 Å². The van der Waals surface area contributed by atoms with Crippen molar-refractivity contribution in [3.63, 3.8) is 0 Å². The van der Waals surface area contributed by atoms with Crippen molar-refractivity contribution in [3.05, 3.63) is 40.7 Å². The lowest BCUT2D eigenvalue weighted by molar-refractivity contribution is 0.593. The van der Waals surface area contributed by atoms with E-state index in [9.17, 15) is 8.42 Å². The predicted molar refractivity (Wildman–Crippen MR) is 79.6 cm³/mol. The average Bonchev–Trinajstić information content (AvgIpc) is 2.72. The van der Waals surface area contributed by atoms with Crippen LogP contribution in [0.2, 0.25) is 0 Å². The first-order valence-corrected chi connectivity index (χ1v) is 7.77. The van der Waals surface area contributed by atoms with Gasteiger partial charge in [-0.25, -0.2) is 8.42 Å². The van der Waals surface area contributed by atoms with Gasteiger partial charge in [-0.1, -0.05) is 6.07 Å². The minimum absolute atomic E-state index is 0.248. The fourth-order valence-electron chi connectivity index (χ4n) is 2.12. The van der Waals surface area contributed by atoms with E-state index in [1.54, 1.807) is 20.9 Å². The molecule has 0 aliphatic heterocycles. The molecule has 0 aliphatic rings. The molecule has 2 aromatic rings. The molecule has 5 nitrogen and oxygen atoms in total. The Kier molecular flexibility index (Phi) is 3.60. The van der Waals surface area contributed by atoms with Crippen LogP contribution in [0.4, 0.5) is 5.69 Å². The highest BCUT2D eigenvalue weighted by Crippen LogP contribution is 2.26. The number of nitrogens with one attached hydrogen (secondary N) is 1. The Balaban J connectivity index is 2.52. The van der Waals surface area contributed by atoms with Gasteiger partial charge in [-0.05, 0) is 51.0 Å². The molecule has 1 aromatic heterocycles. The summed E-state index contributed by atoms with van der Waals surface area (Å²) in [6.45, 7) is 7.36. The van der Waals surface area contributed by atoms with Crippen LogP contribution in [-0.4, -0.2) is 25.7 Å². The number of aryl methyl sites for hydroxylation is 4. The number of benzene rings is 1. The van der Waals surface area contributed by atoms with Gasteiger partial charge in [-0.2, -0.15) is 5.10 Å². The average molecular weight is 293 g/mol. The normalized spacial score (nSPS) is 11.7. The van der Waals surface area contributed by atoms with Crippen molar-refractivity contribution in [1.82, 2.24) is 10.2 Å². The molecule has 0 saturated carbocycles. The Hall–Kier alpha value is -1.82. The van der Waals surface area contributed by atoms with Gasteiger partial charge in [0.25, 0.3) is 10.0 Å². The van der Waals surface area contributed by atoms with E-state index in [-0.39, 0.29) is 4.90 Å². The zero-order valence-corrected chi connectivity index (χ0v) is 13.2. The summed E-state index contributed by atoms with van der Waals surface area (Å²) in [5.74, 6) is 0. The topological polar surface area (TPSA) is 66.1 Å². The zero-order valence-electron chi connectivity index (χ0n) is 12.4. The number of sulfonamides is 1. The molecule has 1 heterocycles. The SMILES string of the molecule is Cc1ccc(N(C)S(=O)(=O)c2c(C)n[nH]c2C)cc1C. The number of aromatic nitrogens is 2. The van der Waals surface area contributed by atoms with Crippen LogP contribution in [-0.2, 0) is 10.0 Å². The number of nitrogens with zero attached hydrogens (tertiary/aromatic N) is 2. The fraction of sp³-hybridized carbons (Fsp3) is 0.357. The van der Waals surface area contributed by atoms with Crippen LogP contribution in [0.5, 0.6) is 0 Å². The molecule has 108 valence electrons. The van der Waals surface area contributed by atoms with Crippen LogP contribution >= 0.6 is 0 Å². The van der Waals surface area contributed by atoms with Gasteiger partial charge in [0, 0.05) is 7.05 Å². The lowest BCUT2D eigenvalue weighted by atomic mass is 10.1. The summed E-state index contributed by atoms with van der Waals surface area (Å²) < 4.78 is 26.7. The van der Waals surface area contributed by atoms with E-state index in [0.29, 0.717) is 17.1 Å². The fourth-order valence-corrected chi connectivity index (χ4v) is 3.63. The Morgan fingerprint density at radius 3 is 2.25 bits per heavy atom. The Morgan fingerprint density at radius 2 is 1.75 bits per heavy atom. The highest BCUT2D eigenvalue weighted by molar-refractivity contribution is 7.92. The molecule has 0 radical (unpaired) electrons. The van der Waals surface area contributed by atoms with Crippen molar-refractivity contribution in [2.45, 2.75) is 32.6 Å². The van der Waals surface area contributed by atoms with E-state index in [4.69, 9.17) is 0 Å². The first kappa shape index (κ1) is 14.6. The van der Waals surface area contributed by atoms with Gasteiger partial charge in [0.2, 0.25) is 0 Å². The molecular formula is C14H19N3O2S. The van der Waals surface area contributed by atoms with Crippen molar-refractivity contribution in [2.75, 3.05) is 11.4 Å². The standard InChI is InChI=1S/C14H19N3O2S/c1-9-6-7-13(8-10(9)2)17(5)20(18,19)14-11(3)15-16-12(14)4/h6-8H,1-5H3,(H,15,16). The Bertz CT molecular complexity index is 728. The first-order chi connectivity index (χ1) is 9.25. The van der Waals surface area contributed by atoms with E-state index in [2.05, 4.69) is 10.2 Å². The summed E-state index contributed by atoms with van der Waals surface area (Å²) in [6.07, 6.45) is 0. The van der Waals surface area contributed by atoms with E-state index in [1.165, 1.54) is 4.31 Å². The predicted octanol–water partition coefficient (Wildman–Crippen LogP) is 2.47. The molecule has 0 atom stereocenters. The molecule has 0 bridgehead atoms. The second-order valence-corrected chi connectivity index (χ2v) is 6.91. The maximum atomic E-state index is 12.7. The third-order valence-electron chi connectivity index (χ3n) is 3.53. The van der Waals surface area contributed by atoms with Crippen LogP contribution in [0.3, 0.4) is 0 Å². The summed E-state index contributed by atoms with van der Waals surface area (Å²) in [4.78, 5) is 0.248. The van der Waals surface area contributed by atoms with E-state index >= 15 is 0 Å². The van der Waals surface area contributed by atoms with Gasteiger partial charge >= 0.3 is 0 Å². The summed E-state index contributed by atoms with van der Waals surface area (Å²) in [5.41, 5.74) is 3.88. The molecule has 2 rings (SSSR count). The Labute approximate surface area is 119 Å². The molecule has 0 fully saturated rings. The maximum Gasteiger partial charge on any atom is 0.267 e. The molecule has 6 heteroatoms. The quantitative estimate of drug-likeness (QED) is 0.945. The lowest BCUT2D eigenvalue weighted by Crippen LogP contribution is -2.27. The van der Waals surface area contributed by atoms with E-state index in [1.807, 2.05) is 32.0 Å². The third-order valence-corrected chi connectivity index (χ3v) is 5.58. The zero-order chi connectivity index (χ0) is 15.1. The highest BCUT2D eigenvalue weighted by Gasteiger charge is 2.27. The number of hydrogen-bond donors (Lipinski definition) is 1. The summed E-state index contributed by atoms with van der Waals surface area (Å²) in [5, 5.41) is 6.67. The van der Waals surface area contributed by atoms with Gasteiger partial charge in [0.15, 0.2) is 0 Å². The molecular weight excluding hydrogens is 274 g/mol. The molecule has 0 unspecified atom stereocenters. The lowest BCUT2D eigenvalue weighted by Gasteiger charge is -2.20. The van der Waals surface area contributed by atoms with Crippen molar-refractivity contribution < 1.29 is 8.42 Å². The monoisotopic (exact) mass is 293 g/mol. The van der Waals surface area contributed by atoms with E-state index < -0.39 is 10.0 Å². The number of H-pyrrole nitrogens is 1. The molecule has 20 heavy (non-hydrogen) atoms. The summed E-state index contributed by atoms with van der Waals surface area (Å²) >= 11 is 0. The van der Waals surface area contributed by atoms with Gasteiger partial charge in [0.05, 0.1) is 17.1 Å². The Morgan fingerprint density at radius 1 is 1.10 bits per heavy atom. The van der Waals surface area contributed by atoms with Crippen LogP contribution < -0.4 is 4.31 Å². The third kappa shape index (κ3) is 2.31. The maximum absolute atomic E-state index is 12.7. The van der Waals surface area contributed by atoms with Crippen molar-refractivity contribution >= 4 is 15.7 Å². The second kappa shape index (κ2) is 4.94. The second-order valence-electron chi connectivity index (χ2n) is 5.00. The first-order valence-electron chi connectivity index (χ1n) is 6.33. The smallest absolute Gasteiger partial charge is 0.267 e. The summed E-state index contributed by atoms with van der Waals surface area (Å²) in [6, 6.07) is 5.61. The molecule has 0 amide bonds. The number of hydrogen-bond acceptors (Lipinski definition) is 3. The van der Waals surface area contributed by atoms with Crippen molar-refractivity contribution in [2.24, 2.45) is 0 Å². The molecule has 0 aliphatic carbocycles. The molecule has 0 saturated heterocycles. The van der Waals surface area contributed by atoms with E-state index in [0.717, 1.165) is 11.1 Å². The van der Waals surface area contributed by atoms with Crippen molar-refractivity contribution in [1.29, 1.82) is 0 Å². The molecule has 0 spiro atoms.